The van der Waals surface area contributed by atoms with E-state index in [1.165, 1.54) is 12.8 Å². The summed E-state index contributed by atoms with van der Waals surface area (Å²) in [4.78, 5) is 1.94. The molecule has 1 rings (SSSR count). The lowest BCUT2D eigenvalue weighted by atomic mass is 10.2. The Morgan fingerprint density at radius 2 is 1.86 bits per heavy atom. The second-order valence-corrected chi connectivity index (χ2v) is 4.40. The van der Waals surface area contributed by atoms with Gasteiger partial charge in [-0.1, -0.05) is 0 Å². The highest BCUT2D eigenvalue weighted by Gasteiger charge is 2.30. The van der Waals surface area contributed by atoms with Gasteiger partial charge in [-0.25, -0.2) is 0 Å². The van der Waals surface area contributed by atoms with E-state index in [1.807, 2.05) is 18.7 Å². The molecule has 0 saturated heterocycles. The normalized spacial score (nSPS) is 18.2. The van der Waals surface area contributed by atoms with Gasteiger partial charge < -0.3 is 4.90 Å². The highest BCUT2D eigenvalue weighted by Crippen LogP contribution is 2.31. The maximum atomic E-state index is 12.0. The van der Waals surface area contributed by atoms with Gasteiger partial charge in [0.15, 0.2) is 0 Å². The Labute approximate surface area is 83.3 Å². The van der Waals surface area contributed by atoms with Crippen molar-refractivity contribution in [2.75, 3.05) is 13.1 Å². The van der Waals surface area contributed by atoms with Gasteiger partial charge in [0.1, 0.15) is 0 Å². The molecule has 0 aromatic heterocycles. The van der Waals surface area contributed by atoms with Gasteiger partial charge >= 0.3 is 6.18 Å². The summed E-state index contributed by atoms with van der Waals surface area (Å²) in [7, 11) is 0. The molecular weight excluding hydrogens is 191 g/mol. The van der Waals surface area contributed by atoms with Gasteiger partial charge in [0.2, 0.25) is 0 Å². The second kappa shape index (κ2) is 4.51. The van der Waals surface area contributed by atoms with Crippen LogP contribution < -0.4 is 0 Å². The van der Waals surface area contributed by atoms with Gasteiger partial charge in [-0.05, 0) is 32.6 Å². The van der Waals surface area contributed by atoms with E-state index in [0.29, 0.717) is 5.92 Å². The molecule has 1 nitrogen and oxygen atoms in total. The molecule has 0 aliphatic heterocycles. The van der Waals surface area contributed by atoms with Crippen LogP contribution in [0.15, 0.2) is 0 Å². The molecule has 1 fully saturated rings. The number of rotatable bonds is 5. The molecule has 14 heavy (non-hydrogen) atoms. The summed E-state index contributed by atoms with van der Waals surface area (Å²) >= 11 is 0. The molecule has 0 bridgehead atoms. The van der Waals surface area contributed by atoms with E-state index in [4.69, 9.17) is 0 Å². The maximum Gasteiger partial charge on any atom is 0.390 e. The van der Waals surface area contributed by atoms with Crippen molar-refractivity contribution in [1.82, 2.24) is 4.90 Å². The van der Waals surface area contributed by atoms with Crippen molar-refractivity contribution in [3.05, 3.63) is 0 Å². The third-order valence-electron chi connectivity index (χ3n) is 2.60. The molecule has 0 aromatic carbocycles. The van der Waals surface area contributed by atoms with Crippen molar-refractivity contribution >= 4 is 0 Å². The number of halogens is 3. The average molecular weight is 209 g/mol. The first-order valence-corrected chi connectivity index (χ1v) is 5.19. The molecule has 0 aromatic rings. The lowest BCUT2D eigenvalue weighted by molar-refractivity contribution is -0.138. The number of hydrogen-bond acceptors (Lipinski definition) is 1. The molecule has 0 N–H and O–H groups in total. The van der Waals surface area contributed by atoms with E-state index in [2.05, 4.69) is 0 Å². The Morgan fingerprint density at radius 1 is 1.29 bits per heavy atom. The van der Waals surface area contributed by atoms with Gasteiger partial charge in [0.05, 0.1) is 6.42 Å². The fourth-order valence-electron chi connectivity index (χ4n) is 1.46. The monoisotopic (exact) mass is 209 g/mol. The third kappa shape index (κ3) is 4.84. The van der Waals surface area contributed by atoms with Crippen LogP contribution in [0.3, 0.4) is 0 Å². The first-order chi connectivity index (χ1) is 6.38. The molecule has 4 heteroatoms. The van der Waals surface area contributed by atoms with Crippen LogP contribution in [0.4, 0.5) is 13.2 Å². The molecule has 1 aliphatic rings. The van der Waals surface area contributed by atoms with Crippen molar-refractivity contribution in [2.45, 2.75) is 45.3 Å². The smallest absolute Gasteiger partial charge is 0.300 e. The van der Waals surface area contributed by atoms with Crippen LogP contribution >= 0.6 is 0 Å². The topological polar surface area (TPSA) is 3.24 Å². The first-order valence-electron chi connectivity index (χ1n) is 5.19. The average Bonchev–Trinajstić information content (AvgIpc) is 2.78. The minimum absolute atomic E-state index is 0.150. The molecule has 0 spiro atoms. The van der Waals surface area contributed by atoms with E-state index in [1.54, 1.807) is 0 Å². The van der Waals surface area contributed by atoms with Crippen LogP contribution in [0.5, 0.6) is 0 Å². The molecule has 0 heterocycles. The van der Waals surface area contributed by atoms with Crippen molar-refractivity contribution < 1.29 is 13.2 Å². The Bertz CT molecular complexity index is 173. The summed E-state index contributed by atoms with van der Waals surface area (Å²) in [6, 6.07) is 0.220. The predicted octanol–water partition coefficient (Wildman–Crippen LogP) is 3.06. The van der Waals surface area contributed by atoms with Gasteiger partial charge in [-0.3, -0.25) is 0 Å². The predicted molar refractivity (Wildman–Crippen MR) is 50.1 cm³/mol. The second-order valence-electron chi connectivity index (χ2n) is 4.40. The quantitative estimate of drug-likeness (QED) is 0.672. The molecule has 0 atom stereocenters. The number of nitrogens with zero attached hydrogens (tertiary/aromatic N) is 1. The van der Waals surface area contributed by atoms with E-state index < -0.39 is 12.6 Å². The van der Waals surface area contributed by atoms with Gasteiger partial charge in [0.25, 0.3) is 0 Å². The van der Waals surface area contributed by atoms with Crippen LogP contribution in [0.1, 0.15) is 33.1 Å². The van der Waals surface area contributed by atoms with E-state index in [-0.39, 0.29) is 12.6 Å². The van der Waals surface area contributed by atoms with E-state index in [9.17, 15) is 13.2 Å². The summed E-state index contributed by atoms with van der Waals surface area (Å²) in [5, 5.41) is 0. The Balaban J connectivity index is 2.27. The molecule has 84 valence electrons. The van der Waals surface area contributed by atoms with Crippen LogP contribution in [0.2, 0.25) is 0 Å². The number of hydrogen-bond donors (Lipinski definition) is 0. The van der Waals surface area contributed by atoms with Crippen LogP contribution in [-0.2, 0) is 0 Å². The minimum atomic E-state index is -4.02. The largest absolute Gasteiger partial charge is 0.390 e. The highest BCUT2D eigenvalue weighted by atomic mass is 19.4. The fraction of sp³-hybridized carbons (Fsp3) is 1.00. The van der Waals surface area contributed by atoms with E-state index >= 15 is 0 Å². The van der Waals surface area contributed by atoms with Gasteiger partial charge in [-0.15, -0.1) is 0 Å². The zero-order valence-corrected chi connectivity index (χ0v) is 8.77. The van der Waals surface area contributed by atoms with Gasteiger partial charge in [0, 0.05) is 19.1 Å². The summed E-state index contributed by atoms with van der Waals surface area (Å²) in [6.07, 6.45) is -2.32. The summed E-state index contributed by atoms with van der Waals surface area (Å²) in [6.45, 7) is 4.91. The van der Waals surface area contributed by atoms with Crippen LogP contribution in [0.25, 0.3) is 0 Å². The van der Waals surface area contributed by atoms with Crippen molar-refractivity contribution in [2.24, 2.45) is 5.92 Å². The van der Waals surface area contributed by atoms with E-state index in [0.717, 1.165) is 6.54 Å². The zero-order valence-electron chi connectivity index (χ0n) is 8.77. The van der Waals surface area contributed by atoms with Crippen LogP contribution in [0, 0.1) is 5.92 Å². The molecule has 0 unspecified atom stereocenters. The van der Waals surface area contributed by atoms with Crippen molar-refractivity contribution in [3.8, 4) is 0 Å². The standard InChI is InChI=1S/C10H18F3N/c1-8(2)14(7-9-3-4-9)6-5-10(11,12)13/h8-9H,3-7H2,1-2H3. The summed E-state index contributed by atoms with van der Waals surface area (Å²) in [5.41, 5.74) is 0. The first kappa shape index (κ1) is 11.8. The molecule has 0 radical (unpaired) electrons. The number of alkyl halides is 3. The Morgan fingerprint density at radius 3 is 2.21 bits per heavy atom. The fourth-order valence-corrected chi connectivity index (χ4v) is 1.46. The lowest BCUT2D eigenvalue weighted by Gasteiger charge is -2.26. The molecule has 0 amide bonds. The maximum absolute atomic E-state index is 12.0. The molecule has 1 saturated carbocycles. The van der Waals surface area contributed by atoms with Crippen molar-refractivity contribution in [3.63, 3.8) is 0 Å². The molecule has 1 aliphatic carbocycles. The molecular formula is C10H18F3N. The summed E-state index contributed by atoms with van der Waals surface area (Å²) < 4.78 is 36.0. The minimum Gasteiger partial charge on any atom is -0.300 e. The van der Waals surface area contributed by atoms with Crippen LogP contribution in [-0.4, -0.2) is 30.2 Å². The van der Waals surface area contributed by atoms with Crippen molar-refractivity contribution in [1.29, 1.82) is 0 Å². The SMILES string of the molecule is CC(C)N(CCC(F)(F)F)CC1CC1. The lowest BCUT2D eigenvalue weighted by Crippen LogP contribution is -2.35. The Kier molecular flexibility index (Phi) is 3.81. The Hall–Kier alpha value is -0.250. The summed E-state index contributed by atoms with van der Waals surface area (Å²) in [5.74, 6) is 0.658. The third-order valence-corrected chi connectivity index (χ3v) is 2.60. The highest BCUT2D eigenvalue weighted by molar-refractivity contribution is 4.79. The zero-order chi connectivity index (χ0) is 10.8. The van der Waals surface area contributed by atoms with Gasteiger partial charge in [-0.2, -0.15) is 13.2 Å².